The Bertz CT molecular complexity index is 410. The van der Waals surface area contributed by atoms with Crippen molar-refractivity contribution in [2.45, 2.75) is 39.4 Å². The first-order valence-corrected chi connectivity index (χ1v) is 5.60. The zero-order valence-corrected chi connectivity index (χ0v) is 10.8. The van der Waals surface area contributed by atoms with Crippen molar-refractivity contribution in [3.05, 3.63) is 11.9 Å². The molecule has 0 radical (unpaired) electrons. The SMILES string of the molecule is CCNc1cc(NC(C)(C)C)nc(C(F)(F)F)n1. The zero-order valence-electron chi connectivity index (χ0n) is 10.8. The number of halogens is 3. The second-order valence-corrected chi connectivity index (χ2v) is 4.87. The molecule has 0 atom stereocenters. The van der Waals surface area contributed by atoms with Crippen LogP contribution in [0.15, 0.2) is 6.07 Å². The smallest absolute Gasteiger partial charge is 0.370 e. The summed E-state index contributed by atoms with van der Waals surface area (Å²) in [6.07, 6.45) is -4.56. The lowest BCUT2D eigenvalue weighted by Crippen LogP contribution is -2.27. The van der Waals surface area contributed by atoms with E-state index in [1.165, 1.54) is 6.07 Å². The van der Waals surface area contributed by atoms with E-state index in [1.807, 2.05) is 20.8 Å². The number of rotatable bonds is 3. The highest BCUT2D eigenvalue weighted by Crippen LogP contribution is 2.28. The average Bonchev–Trinajstić information content (AvgIpc) is 2.13. The van der Waals surface area contributed by atoms with Crippen molar-refractivity contribution < 1.29 is 13.2 Å². The quantitative estimate of drug-likeness (QED) is 0.878. The molecule has 102 valence electrons. The monoisotopic (exact) mass is 262 g/mol. The summed E-state index contributed by atoms with van der Waals surface area (Å²) < 4.78 is 37.9. The van der Waals surface area contributed by atoms with Crippen LogP contribution in [0.1, 0.15) is 33.5 Å². The highest BCUT2D eigenvalue weighted by molar-refractivity contribution is 5.48. The Labute approximate surface area is 104 Å². The molecule has 1 aromatic heterocycles. The Morgan fingerprint density at radius 3 is 2.11 bits per heavy atom. The van der Waals surface area contributed by atoms with E-state index in [9.17, 15) is 13.2 Å². The summed E-state index contributed by atoms with van der Waals surface area (Å²) in [6.45, 7) is 7.80. The first-order chi connectivity index (χ1) is 8.12. The molecule has 0 saturated heterocycles. The molecular formula is C11H17F3N4. The minimum atomic E-state index is -4.56. The van der Waals surface area contributed by atoms with Crippen molar-refractivity contribution in [2.75, 3.05) is 17.2 Å². The number of anilines is 2. The standard InChI is InChI=1S/C11H17F3N4/c1-5-15-7-6-8(18-10(2,3)4)17-9(16-7)11(12,13)14/h6H,5H2,1-4H3,(H2,15,16,17,18). The molecule has 7 heteroatoms. The van der Waals surface area contributed by atoms with E-state index < -0.39 is 12.0 Å². The average molecular weight is 262 g/mol. The first kappa shape index (κ1) is 14.5. The van der Waals surface area contributed by atoms with Crippen LogP contribution in [0.5, 0.6) is 0 Å². The number of alkyl halides is 3. The highest BCUT2D eigenvalue weighted by atomic mass is 19.4. The van der Waals surface area contributed by atoms with Gasteiger partial charge in [0, 0.05) is 18.2 Å². The summed E-state index contributed by atoms with van der Waals surface area (Å²) in [7, 11) is 0. The fourth-order valence-corrected chi connectivity index (χ4v) is 1.29. The van der Waals surface area contributed by atoms with Gasteiger partial charge in [-0.2, -0.15) is 13.2 Å². The summed E-state index contributed by atoms with van der Waals surface area (Å²) in [4.78, 5) is 6.92. The molecule has 18 heavy (non-hydrogen) atoms. The Morgan fingerprint density at radius 1 is 1.11 bits per heavy atom. The van der Waals surface area contributed by atoms with Gasteiger partial charge in [-0.05, 0) is 27.7 Å². The molecule has 0 unspecified atom stereocenters. The summed E-state index contributed by atoms with van der Waals surface area (Å²) in [5.74, 6) is -0.833. The molecule has 1 heterocycles. The number of nitrogens with one attached hydrogen (secondary N) is 2. The molecule has 2 N–H and O–H groups in total. The second kappa shape index (κ2) is 4.99. The fourth-order valence-electron chi connectivity index (χ4n) is 1.29. The molecule has 0 spiro atoms. The largest absolute Gasteiger partial charge is 0.451 e. The third-order valence-electron chi connectivity index (χ3n) is 1.84. The third-order valence-corrected chi connectivity index (χ3v) is 1.84. The van der Waals surface area contributed by atoms with Crippen LogP contribution in [-0.4, -0.2) is 22.1 Å². The molecule has 0 aromatic carbocycles. The van der Waals surface area contributed by atoms with Crippen LogP contribution in [0.3, 0.4) is 0 Å². The summed E-state index contributed by atoms with van der Waals surface area (Å²) in [6, 6.07) is 1.46. The van der Waals surface area contributed by atoms with Gasteiger partial charge in [-0.3, -0.25) is 0 Å². The second-order valence-electron chi connectivity index (χ2n) is 4.87. The van der Waals surface area contributed by atoms with Crippen LogP contribution >= 0.6 is 0 Å². The Hall–Kier alpha value is -1.53. The highest BCUT2D eigenvalue weighted by Gasteiger charge is 2.35. The maximum absolute atomic E-state index is 12.6. The molecule has 1 rings (SSSR count). The molecule has 0 saturated carbocycles. The number of aromatic nitrogens is 2. The van der Waals surface area contributed by atoms with Gasteiger partial charge in [0.15, 0.2) is 0 Å². The van der Waals surface area contributed by atoms with Gasteiger partial charge in [0.05, 0.1) is 0 Å². The van der Waals surface area contributed by atoms with E-state index >= 15 is 0 Å². The molecule has 0 amide bonds. The van der Waals surface area contributed by atoms with Gasteiger partial charge in [-0.1, -0.05) is 0 Å². The van der Waals surface area contributed by atoms with Gasteiger partial charge < -0.3 is 10.6 Å². The number of hydrogen-bond donors (Lipinski definition) is 2. The van der Waals surface area contributed by atoms with Crippen LogP contribution in [0.2, 0.25) is 0 Å². The van der Waals surface area contributed by atoms with Crippen LogP contribution in [0, 0.1) is 0 Å². The molecule has 0 aliphatic rings. The molecule has 0 bridgehead atoms. The Balaban J connectivity index is 3.14. The van der Waals surface area contributed by atoms with Gasteiger partial charge in [0.25, 0.3) is 0 Å². The molecule has 4 nitrogen and oxygen atoms in total. The lowest BCUT2D eigenvalue weighted by Gasteiger charge is -2.22. The lowest BCUT2D eigenvalue weighted by molar-refractivity contribution is -0.144. The van der Waals surface area contributed by atoms with Crippen LogP contribution in [0.25, 0.3) is 0 Å². The van der Waals surface area contributed by atoms with E-state index in [0.29, 0.717) is 6.54 Å². The van der Waals surface area contributed by atoms with Gasteiger partial charge in [-0.25, -0.2) is 9.97 Å². The van der Waals surface area contributed by atoms with Gasteiger partial charge in [-0.15, -0.1) is 0 Å². The maximum atomic E-state index is 12.6. The van der Waals surface area contributed by atoms with E-state index in [1.54, 1.807) is 6.92 Å². The maximum Gasteiger partial charge on any atom is 0.451 e. The van der Waals surface area contributed by atoms with Crippen molar-refractivity contribution in [3.8, 4) is 0 Å². The molecule has 0 fully saturated rings. The molecule has 0 aliphatic carbocycles. The first-order valence-electron chi connectivity index (χ1n) is 5.60. The van der Waals surface area contributed by atoms with E-state index in [0.717, 1.165) is 0 Å². The van der Waals surface area contributed by atoms with Crippen molar-refractivity contribution >= 4 is 11.6 Å². The van der Waals surface area contributed by atoms with Gasteiger partial charge in [0.2, 0.25) is 5.82 Å². The summed E-state index contributed by atoms with van der Waals surface area (Å²) in [5.41, 5.74) is -0.374. The number of nitrogens with zero attached hydrogens (tertiary/aromatic N) is 2. The van der Waals surface area contributed by atoms with E-state index in [-0.39, 0.29) is 17.2 Å². The van der Waals surface area contributed by atoms with Gasteiger partial charge >= 0.3 is 6.18 Å². The normalized spacial score (nSPS) is 12.4. The lowest BCUT2D eigenvalue weighted by atomic mass is 10.1. The molecular weight excluding hydrogens is 245 g/mol. The molecule has 1 aromatic rings. The minimum absolute atomic E-state index is 0.153. The Kier molecular flexibility index (Phi) is 4.03. The summed E-state index contributed by atoms with van der Waals surface area (Å²) in [5, 5.41) is 5.66. The van der Waals surface area contributed by atoms with E-state index in [4.69, 9.17) is 0 Å². The van der Waals surface area contributed by atoms with Crippen molar-refractivity contribution in [1.82, 2.24) is 9.97 Å². The zero-order chi connectivity index (χ0) is 14.0. The van der Waals surface area contributed by atoms with Crippen molar-refractivity contribution in [2.24, 2.45) is 0 Å². The van der Waals surface area contributed by atoms with Crippen LogP contribution < -0.4 is 10.6 Å². The van der Waals surface area contributed by atoms with Crippen molar-refractivity contribution in [1.29, 1.82) is 0 Å². The van der Waals surface area contributed by atoms with Gasteiger partial charge in [0.1, 0.15) is 11.6 Å². The van der Waals surface area contributed by atoms with Crippen molar-refractivity contribution in [3.63, 3.8) is 0 Å². The van der Waals surface area contributed by atoms with Crippen LogP contribution in [0.4, 0.5) is 24.8 Å². The summed E-state index contributed by atoms with van der Waals surface area (Å²) >= 11 is 0. The Morgan fingerprint density at radius 2 is 1.67 bits per heavy atom. The van der Waals surface area contributed by atoms with E-state index in [2.05, 4.69) is 20.6 Å². The predicted molar refractivity (Wildman–Crippen MR) is 64.6 cm³/mol. The minimum Gasteiger partial charge on any atom is -0.370 e. The third kappa shape index (κ3) is 4.38. The molecule has 0 aliphatic heterocycles. The number of hydrogen-bond acceptors (Lipinski definition) is 4. The topological polar surface area (TPSA) is 49.8 Å². The predicted octanol–water partition coefficient (Wildman–Crippen LogP) is 3.14. The van der Waals surface area contributed by atoms with Crippen LogP contribution in [-0.2, 0) is 6.18 Å². The fraction of sp³-hybridized carbons (Fsp3) is 0.636.